The number of hydrogen-bond acceptors (Lipinski definition) is 2. The molecule has 1 saturated heterocycles. The third-order valence-corrected chi connectivity index (χ3v) is 3.04. The predicted octanol–water partition coefficient (Wildman–Crippen LogP) is 1.71. The molecular formula is C8H12ClFO2. The van der Waals surface area contributed by atoms with Crippen molar-refractivity contribution in [1.29, 1.82) is 0 Å². The standard InChI is InChI=1S/C8H12ClFO2/c9-3-5-1-6(10)8-7(2-5)11-4-12-8/h5-8H,1-4H2. The van der Waals surface area contributed by atoms with Gasteiger partial charge in [0.2, 0.25) is 0 Å². The van der Waals surface area contributed by atoms with Crippen molar-refractivity contribution in [3.05, 3.63) is 0 Å². The first-order chi connectivity index (χ1) is 5.81. The van der Waals surface area contributed by atoms with Gasteiger partial charge in [-0.1, -0.05) is 0 Å². The molecule has 0 N–H and O–H groups in total. The molecule has 1 aliphatic carbocycles. The minimum Gasteiger partial charge on any atom is -0.349 e. The highest BCUT2D eigenvalue weighted by Crippen LogP contribution is 2.34. The van der Waals surface area contributed by atoms with Crippen molar-refractivity contribution in [3.8, 4) is 0 Å². The van der Waals surface area contributed by atoms with Gasteiger partial charge in [0.1, 0.15) is 19.1 Å². The van der Waals surface area contributed by atoms with Crippen LogP contribution in [0.15, 0.2) is 0 Å². The summed E-state index contributed by atoms with van der Waals surface area (Å²) in [5.74, 6) is 0.775. The lowest BCUT2D eigenvalue weighted by Crippen LogP contribution is -2.40. The Morgan fingerprint density at radius 1 is 1.33 bits per heavy atom. The summed E-state index contributed by atoms with van der Waals surface area (Å²) in [6, 6.07) is 0. The fourth-order valence-electron chi connectivity index (χ4n) is 1.95. The van der Waals surface area contributed by atoms with Gasteiger partial charge >= 0.3 is 0 Å². The van der Waals surface area contributed by atoms with E-state index >= 15 is 0 Å². The van der Waals surface area contributed by atoms with Gasteiger partial charge in [-0.05, 0) is 18.8 Å². The fraction of sp³-hybridized carbons (Fsp3) is 1.00. The summed E-state index contributed by atoms with van der Waals surface area (Å²) in [6.07, 6.45) is 0.0831. The second-order valence-corrected chi connectivity index (χ2v) is 3.77. The molecule has 4 atom stereocenters. The summed E-state index contributed by atoms with van der Waals surface area (Å²) in [7, 11) is 0. The molecule has 0 spiro atoms. The van der Waals surface area contributed by atoms with E-state index in [-0.39, 0.29) is 24.9 Å². The van der Waals surface area contributed by atoms with Crippen molar-refractivity contribution in [2.24, 2.45) is 5.92 Å². The molecule has 0 bridgehead atoms. The predicted molar refractivity (Wildman–Crippen MR) is 43.0 cm³/mol. The van der Waals surface area contributed by atoms with E-state index in [1.165, 1.54) is 0 Å². The van der Waals surface area contributed by atoms with Crippen LogP contribution in [0.25, 0.3) is 0 Å². The van der Waals surface area contributed by atoms with E-state index in [9.17, 15) is 4.39 Å². The first-order valence-electron chi connectivity index (χ1n) is 4.24. The third-order valence-electron chi connectivity index (χ3n) is 2.61. The minimum absolute atomic E-state index is 0.0579. The molecule has 2 rings (SSSR count). The van der Waals surface area contributed by atoms with Gasteiger partial charge in [0.15, 0.2) is 0 Å². The van der Waals surface area contributed by atoms with Crippen LogP contribution in [0.4, 0.5) is 4.39 Å². The van der Waals surface area contributed by atoms with Gasteiger partial charge in [0, 0.05) is 5.88 Å². The van der Waals surface area contributed by atoms with Crippen LogP contribution in [0, 0.1) is 5.92 Å². The average Bonchev–Trinajstić information content (AvgIpc) is 2.52. The summed E-state index contributed by atoms with van der Waals surface area (Å²) in [5.41, 5.74) is 0. The Morgan fingerprint density at radius 3 is 2.92 bits per heavy atom. The molecule has 0 radical (unpaired) electrons. The molecule has 1 heterocycles. The maximum absolute atomic E-state index is 13.3. The van der Waals surface area contributed by atoms with E-state index < -0.39 is 6.17 Å². The minimum atomic E-state index is -0.894. The number of alkyl halides is 2. The molecule has 2 nitrogen and oxygen atoms in total. The zero-order valence-electron chi connectivity index (χ0n) is 6.71. The summed E-state index contributed by atoms with van der Waals surface area (Å²) < 4.78 is 23.7. The quantitative estimate of drug-likeness (QED) is 0.592. The van der Waals surface area contributed by atoms with Crippen molar-refractivity contribution >= 4 is 11.6 Å². The van der Waals surface area contributed by atoms with Crippen LogP contribution in [-0.2, 0) is 9.47 Å². The molecular weight excluding hydrogens is 183 g/mol. The highest BCUT2D eigenvalue weighted by Gasteiger charge is 2.42. The number of halogens is 2. The Balaban J connectivity index is 2.00. The molecule has 0 amide bonds. The topological polar surface area (TPSA) is 18.5 Å². The summed E-state index contributed by atoms with van der Waals surface area (Å²) >= 11 is 5.67. The summed E-state index contributed by atoms with van der Waals surface area (Å²) in [4.78, 5) is 0. The first-order valence-corrected chi connectivity index (χ1v) is 4.78. The van der Waals surface area contributed by atoms with Crippen LogP contribution in [0.3, 0.4) is 0 Å². The van der Waals surface area contributed by atoms with Crippen LogP contribution in [0.2, 0.25) is 0 Å². The Bertz CT molecular complexity index is 167. The van der Waals surface area contributed by atoms with E-state index in [4.69, 9.17) is 21.1 Å². The third kappa shape index (κ3) is 1.45. The Labute approximate surface area is 76.0 Å². The Morgan fingerprint density at radius 2 is 2.17 bits per heavy atom. The van der Waals surface area contributed by atoms with E-state index in [2.05, 4.69) is 0 Å². The molecule has 0 aromatic rings. The molecule has 1 saturated carbocycles. The fourth-order valence-corrected chi connectivity index (χ4v) is 2.20. The highest BCUT2D eigenvalue weighted by atomic mass is 35.5. The summed E-state index contributed by atoms with van der Waals surface area (Å²) in [5, 5.41) is 0. The van der Waals surface area contributed by atoms with Crippen molar-refractivity contribution < 1.29 is 13.9 Å². The van der Waals surface area contributed by atoms with Gasteiger partial charge < -0.3 is 9.47 Å². The maximum Gasteiger partial charge on any atom is 0.147 e. The van der Waals surface area contributed by atoms with E-state index in [0.717, 1.165) is 6.42 Å². The molecule has 2 aliphatic rings. The number of ether oxygens (including phenoxy) is 2. The molecule has 2 fully saturated rings. The van der Waals surface area contributed by atoms with Gasteiger partial charge in [-0.3, -0.25) is 0 Å². The van der Waals surface area contributed by atoms with Gasteiger partial charge in [0.05, 0.1) is 6.10 Å². The van der Waals surface area contributed by atoms with Crippen molar-refractivity contribution in [2.75, 3.05) is 12.7 Å². The first kappa shape index (κ1) is 8.73. The molecule has 0 aromatic carbocycles. The maximum atomic E-state index is 13.3. The second kappa shape index (κ2) is 3.48. The summed E-state index contributed by atoms with van der Waals surface area (Å²) in [6.45, 7) is 0.241. The van der Waals surface area contributed by atoms with Gasteiger partial charge in [0.25, 0.3) is 0 Å². The van der Waals surface area contributed by atoms with E-state index in [0.29, 0.717) is 12.3 Å². The van der Waals surface area contributed by atoms with E-state index in [1.54, 1.807) is 0 Å². The zero-order chi connectivity index (χ0) is 8.55. The highest BCUT2D eigenvalue weighted by molar-refractivity contribution is 6.18. The van der Waals surface area contributed by atoms with Crippen LogP contribution < -0.4 is 0 Å². The Hall–Kier alpha value is 0.140. The molecule has 70 valence electrons. The van der Waals surface area contributed by atoms with Crippen molar-refractivity contribution in [2.45, 2.75) is 31.2 Å². The van der Waals surface area contributed by atoms with Crippen molar-refractivity contribution in [3.63, 3.8) is 0 Å². The lowest BCUT2D eigenvalue weighted by atomic mass is 9.85. The van der Waals surface area contributed by atoms with Crippen LogP contribution in [-0.4, -0.2) is 31.1 Å². The lowest BCUT2D eigenvalue weighted by Gasteiger charge is -2.31. The second-order valence-electron chi connectivity index (χ2n) is 3.46. The monoisotopic (exact) mass is 194 g/mol. The van der Waals surface area contributed by atoms with Gasteiger partial charge in [-0.25, -0.2) is 4.39 Å². The van der Waals surface area contributed by atoms with Gasteiger partial charge in [-0.15, -0.1) is 11.6 Å². The number of hydrogen-bond donors (Lipinski definition) is 0. The zero-order valence-corrected chi connectivity index (χ0v) is 7.47. The Kier molecular flexibility index (Phi) is 2.53. The van der Waals surface area contributed by atoms with E-state index in [1.807, 2.05) is 0 Å². The largest absolute Gasteiger partial charge is 0.349 e. The SMILES string of the molecule is FC1CC(CCl)CC2OCOC12. The van der Waals surface area contributed by atoms with Crippen LogP contribution in [0.5, 0.6) is 0 Å². The van der Waals surface area contributed by atoms with Gasteiger partial charge in [-0.2, -0.15) is 0 Å². The van der Waals surface area contributed by atoms with Crippen LogP contribution in [0.1, 0.15) is 12.8 Å². The number of fused-ring (bicyclic) bond motifs is 1. The smallest absolute Gasteiger partial charge is 0.147 e. The molecule has 4 heteroatoms. The molecule has 1 aliphatic heterocycles. The number of rotatable bonds is 1. The average molecular weight is 195 g/mol. The molecule has 0 aromatic heterocycles. The van der Waals surface area contributed by atoms with Crippen LogP contribution >= 0.6 is 11.6 Å². The lowest BCUT2D eigenvalue weighted by molar-refractivity contribution is 0.00582. The normalized spacial score (nSPS) is 47.5. The van der Waals surface area contributed by atoms with Crippen molar-refractivity contribution in [1.82, 2.24) is 0 Å². The molecule has 4 unspecified atom stereocenters. The molecule has 12 heavy (non-hydrogen) atoms.